The average molecular weight is 470 g/mol. The normalized spacial score (nSPS) is 14.9. The minimum atomic E-state index is 0.109. The first-order valence-electron chi connectivity index (χ1n) is 10.9. The maximum absolute atomic E-state index is 6.32. The van der Waals surface area contributed by atoms with Gasteiger partial charge in [-0.15, -0.1) is 5.10 Å². The number of imidazole rings is 1. The van der Waals surface area contributed by atoms with E-state index in [9.17, 15) is 0 Å². The number of anilines is 1. The number of fused-ring (bicyclic) bond motifs is 1. The van der Waals surface area contributed by atoms with E-state index in [0.717, 1.165) is 58.1 Å². The number of pyridine rings is 2. The lowest BCUT2D eigenvalue weighted by Crippen LogP contribution is -2.02. The molecule has 0 amide bonds. The number of nitrogens with one attached hydrogen (secondary N) is 1. The number of nitrogen functional groups attached to an aromatic ring is 1. The van der Waals surface area contributed by atoms with Gasteiger partial charge in [-0.25, -0.2) is 9.97 Å². The van der Waals surface area contributed by atoms with Gasteiger partial charge in [0.2, 0.25) is 0 Å². The molecule has 0 bridgehead atoms. The molecule has 0 saturated heterocycles. The van der Waals surface area contributed by atoms with Crippen LogP contribution in [0.25, 0.3) is 28.1 Å². The fourth-order valence-corrected chi connectivity index (χ4v) is 4.78. The summed E-state index contributed by atoms with van der Waals surface area (Å²) >= 11 is 6.32. The summed E-state index contributed by atoms with van der Waals surface area (Å²) in [7, 11) is 0. The van der Waals surface area contributed by atoms with E-state index >= 15 is 0 Å². The number of nitrogens with two attached hydrogens (primary N) is 1. The third-order valence-electron chi connectivity index (χ3n) is 6.22. The van der Waals surface area contributed by atoms with Gasteiger partial charge < -0.3 is 10.7 Å². The zero-order valence-corrected chi connectivity index (χ0v) is 19.0. The van der Waals surface area contributed by atoms with Gasteiger partial charge in [0.1, 0.15) is 18.0 Å². The predicted octanol–water partition coefficient (Wildman–Crippen LogP) is 4.13. The highest BCUT2D eigenvalue weighted by atomic mass is 35.5. The molecule has 4 heterocycles. The standard InChI is InChI=1S/C24H20ClN9/c1-13-17(5-7-22(26)30-13)20-11-28-24(31-20)18-4-2-14-8-15(10-27-23(14)18)19-9-16(25)3-6-21(19)34-12-29-32-33-34/h3,5-12,18H,2,4H2,1H3,(H2,26,30)(H,28,31). The summed E-state index contributed by atoms with van der Waals surface area (Å²) in [6, 6.07) is 11.6. The van der Waals surface area contributed by atoms with Gasteiger partial charge in [-0.1, -0.05) is 11.6 Å². The molecule has 1 aromatic carbocycles. The molecule has 0 radical (unpaired) electrons. The second kappa shape index (κ2) is 8.03. The largest absolute Gasteiger partial charge is 0.384 e. The number of tetrazole rings is 1. The Bertz CT molecular complexity index is 1510. The van der Waals surface area contributed by atoms with E-state index < -0.39 is 0 Å². The molecule has 0 aliphatic heterocycles. The number of rotatable bonds is 4. The summed E-state index contributed by atoms with van der Waals surface area (Å²) in [5.74, 6) is 1.52. The van der Waals surface area contributed by atoms with Gasteiger partial charge in [-0.2, -0.15) is 4.68 Å². The molecule has 34 heavy (non-hydrogen) atoms. The van der Waals surface area contributed by atoms with Crippen molar-refractivity contribution in [2.24, 2.45) is 0 Å². The van der Waals surface area contributed by atoms with E-state index in [4.69, 9.17) is 22.3 Å². The van der Waals surface area contributed by atoms with Gasteiger partial charge in [0.25, 0.3) is 0 Å². The first-order valence-corrected chi connectivity index (χ1v) is 11.2. The summed E-state index contributed by atoms with van der Waals surface area (Å²) in [6.07, 6.45) is 7.16. The molecule has 6 rings (SSSR count). The van der Waals surface area contributed by atoms with Crippen LogP contribution in [0, 0.1) is 6.92 Å². The van der Waals surface area contributed by atoms with Crippen molar-refractivity contribution in [2.45, 2.75) is 25.7 Å². The van der Waals surface area contributed by atoms with Crippen LogP contribution in [0.15, 0.2) is 55.1 Å². The Morgan fingerprint density at radius 3 is 2.82 bits per heavy atom. The van der Waals surface area contributed by atoms with Crippen LogP contribution in [0.3, 0.4) is 0 Å². The number of aromatic amines is 1. The maximum atomic E-state index is 6.32. The Balaban J connectivity index is 1.34. The number of H-pyrrole nitrogens is 1. The van der Waals surface area contributed by atoms with E-state index in [1.807, 2.05) is 43.6 Å². The van der Waals surface area contributed by atoms with E-state index in [1.165, 1.54) is 5.56 Å². The van der Waals surface area contributed by atoms with Gasteiger partial charge >= 0.3 is 0 Å². The van der Waals surface area contributed by atoms with Crippen molar-refractivity contribution in [3.63, 3.8) is 0 Å². The summed E-state index contributed by atoms with van der Waals surface area (Å²) in [5, 5.41) is 12.2. The third-order valence-corrected chi connectivity index (χ3v) is 6.46. The monoisotopic (exact) mass is 469 g/mol. The lowest BCUT2D eigenvalue weighted by molar-refractivity contribution is 0.727. The number of halogens is 1. The molecule has 10 heteroatoms. The number of hydrogen-bond acceptors (Lipinski definition) is 7. The van der Waals surface area contributed by atoms with Crippen LogP contribution < -0.4 is 5.73 Å². The fraction of sp³-hybridized carbons (Fsp3) is 0.167. The molecular weight excluding hydrogens is 450 g/mol. The van der Waals surface area contributed by atoms with E-state index in [1.54, 1.807) is 17.1 Å². The zero-order chi connectivity index (χ0) is 23.2. The van der Waals surface area contributed by atoms with Crippen LogP contribution in [0.5, 0.6) is 0 Å². The van der Waals surface area contributed by atoms with Crippen molar-refractivity contribution in [1.82, 2.24) is 40.1 Å². The third kappa shape index (κ3) is 3.50. The van der Waals surface area contributed by atoms with Crippen LogP contribution in [-0.2, 0) is 6.42 Å². The second-order valence-electron chi connectivity index (χ2n) is 8.33. The molecule has 168 valence electrons. The van der Waals surface area contributed by atoms with Crippen molar-refractivity contribution in [3.8, 4) is 28.1 Å². The minimum absolute atomic E-state index is 0.109. The molecule has 1 unspecified atom stereocenters. The fourth-order valence-electron chi connectivity index (χ4n) is 4.61. The molecular formula is C24H20ClN9. The van der Waals surface area contributed by atoms with Crippen LogP contribution in [0.2, 0.25) is 5.02 Å². The first kappa shape index (κ1) is 20.5. The number of hydrogen-bond donors (Lipinski definition) is 2. The molecule has 1 atom stereocenters. The average Bonchev–Trinajstić information content (AvgIpc) is 3.59. The van der Waals surface area contributed by atoms with Gasteiger partial charge in [0, 0.05) is 33.6 Å². The Labute approximate surface area is 200 Å². The molecule has 4 aromatic heterocycles. The number of benzene rings is 1. The topological polar surface area (TPSA) is 124 Å². The summed E-state index contributed by atoms with van der Waals surface area (Å²) in [5.41, 5.74) is 13.6. The predicted molar refractivity (Wildman–Crippen MR) is 129 cm³/mol. The highest BCUT2D eigenvalue weighted by Crippen LogP contribution is 2.39. The van der Waals surface area contributed by atoms with Crippen molar-refractivity contribution in [2.75, 3.05) is 5.73 Å². The number of nitrogens with zero attached hydrogens (tertiary/aromatic N) is 7. The van der Waals surface area contributed by atoms with Crippen molar-refractivity contribution >= 4 is 17.4 Å². The van der Waals surface area contributed by atoms with Crippen molar-refractivity contribution in [3.05, 3.63) is 82.9 Å². The first-order chi connectivity index (χ1) is 16.6. The highest BCUT2D eigenvalue weighted by Gasteiger charge is 2.28. The molecule has 3 N–H and O–H groups in total. The molecule has 0 saturated carbocycles. The Morgan fingerprint density at radius 2 is 2.00 bits per heavy atom. The minimum Gasteiger partial charge on any atom is -0.384 e. The van der Waals surface area contributed by atoms with Crippen molar-refractivity contribution < 1.29 is 0 Å². The number of aromatic nitrogens is 8. The molecule has 1 aliphatic rings. The van der Waals surface area contributed by atoms with E-state index in [-0.39, 0.29) is 5.92 Å². The van der Waals surface area contributed by atoms with E-state index in [2.05, 4.69) is 36.5 Å². The van der Waals surface area contributed by atoms with Crippen LogP contribution in [0.4, 0.5) is 5.82 Å². The maximum Gasteiger partial charge on any atom is 0.143 e. The SMILES string of the molecule is Cc1nc(N)ccc1-c1cnc(C2CCc3cc(-c4cc(Cl)ccc4-n4cnnn4)cnc32)[nH]1. The summed E-state index contributed by atoms with van der Waals surface area (Å²) < 4.78 is 1.63. The Hall–Kier alpha value is -4.11. The van der Waals surface area contributed by atoms with Gasteiger partial charge in [-0.05, 0) is 72.2 Å². The summed E-state index contributed by atoms with van der Waals surface area (Å²) in [4.78, 5) is 17.4. The van der Waals surface area contributed by atoms with Gasteiger partial charge in [-0.3, -0.25) is 4.98 Å². The Kier molecular flexibility index (Phi) is 4.84. The highest BCUT2D eigenvalue weighted by molar-refractivity contribution is 6.31. The Morgan fingerprint density at radius 1 is 1.09 bits per heavy atom. The zero-order valence-electron chi connectivity index (χ0n) is 18.3. The molecule has 0 fully saturated rings. The van der Waals surface area contributed by atoms with Gasteiger partial charge in [0.05, 0.1) is 29.2 Å². The molecule has 9 nitrogen and oxygen atoms in total. The van der Waals surface area contributed by atoms with Crippen LogP contribution >= 0.6 is 11.6 Å². The van der Waals surface area contributed by atoms with Crippen LogP contribution in [0.1, 0.15) is 35.1 Å². The van der Waals surface area contributed by atoms with Crippen LogP contribution in [-0.4, -0.2) is 40.1 Å². The second-order valence-corrected chi connectivity index (χ2v) is 8.76. The lowest BCUT2D eigenvalue weighted by Gasteiger charge is -2.12. The molecule has 5 aromatic rings. The van der Waals surface area contributed by atoms with Gasteiger partial charge in [0.15, 0.2) is 0 Å². The van der Waals surface area contributed by atoms with Crippen molar-refractivity contribution in [1.29, 1.82) is 0 Å². The summed E-state index contributed by atoms with van der Waals surface area (Å²) in [6.45, 7) is 1.94. The smallest absolute Gasteiger partial charge is 0.143 e. The van der Waals surface area contributed by atoms with E-state index in [0.29, 0.717) is 10.8 Å². The molecule has 1 aliphatic carbocycles. The molecule has 0 spiro atoms. The quantitative estimate of drug-likeness (QED) is 0.405. The lowest BCUT2D eigenvalue weighted by atomic mass is 10.0. The number of aryl methyl sites for hydroxylation is 2.